The summed E-state index contributed by atoms with van der Waals surface area (Å²) in [6, 6.07) is 4.95. The lowest BCUT2D eigenvalue weighted by Gasteiger charge is -2.08. The molecule has 1 amide bonds. The van der Waals surface area contributed by atoms with Gasteiger partial charge in [0, 0.05) is 23.7 Å². The van der Waals surface area contributed by atoms with E-state index in [0.717, 1.165) is 11.0 Å². The van der Waals surface area contributed by atoms with Crippen LogP contribution in [0.4, 0.5) is 5.69 Å². The van der Waals surface area contributed by atoms with Crippen LogP contribution in [-0.2, 0) is 11.3 Å². The van der Waals surface area contributed by atoms with E-state index >= 15 is 0 Å². The zero-order valence-corrected chi connectivity index (χ0v) is 14.9. The number of carbonyl (C=O) groups excluding carboxylic acids is 1. The maximum absolute atomic E-state index is 12.0. The molecule has 0 fully saturated rings. The van der Waals surface area contributed by atoms with E-state index in [1.165, 1.54) is 11.8 Å². The number of thioether (sulfide) groups is 1. The highest BCUT2D eigenvalue weighted by Crippen LogP contribution is 2.25. The Labute approximate surface area is 149 Å². The highest BCUT2D eigenvalue weighted by atomic mass is 35.5. The second-order valence-electron chi connectivity index (χ2n) is 4.70. The van der Waals surface area contributed by atoms with Gasteiger partial charge in [0.2, 0.25) is 5.91 Å². The van der Waals surface area contributed by atoms with Crippen LogP contribution in [0.3, 0.4) is 0 Å². The number of hydrogen-bond donors (Lipinski definition) is 1. The number of allylic oxidation sites excluding steroid dienone is 1. The zero-order valence-electron chi connectivity index (χ0n) is 12.6. The minimum atomic E-state index is -0.117. The monoisotopic (exact) mass is 370 g/mol. The molecule has 1 aromatic carbocycles. The Kier molecular flexibility index (Phi) is 6.50. The minimum Gasteiger partial charge on any atom is -0.325 e. The van der Waals surface area contributed by atoms with E-state index < -0.39 is 0 Å². The number of halogens is 2. The largest absolute Gasteiger partial charge is 0.325 e. The lowest BCUT2D eigenvalue weighted by molar-refractivity contribution is -0.115. The van der Waals surface area contributed by atoms with Crippen molar-refractivity contribution in [3.8, 4) is 0 Å². The number of carbonyl (C=O) groups is 1. The van der Waals surface area contributed by atoms with E-state index in [1.54, 1.807) is 24.3 Å². The summed E-state index contributed by atoms with van der Waals surface area (Å²) in [4.78, 5) is 12.0. The van der Waals surface area contributed by atoms with Crippen molar-refractivity contribution in [2.24, 2.45) is 0 Å². The summed E-state index contributed by atoms with van der Waals surface area (Å²) in [7, 11) is 0. The quantitative estimate of drug-likeness (QED) is 0.585. The smallest absolute Gasteiger partial charge is 0.225 e. The molecule has 2 aromatic rings. The molecule has 122 valence electrons. The second-order valence-corrected chi connectivity index (χ2v) is 6.61. The van der Waals surface area contributed by atoms with Gasteiger partial charge in [-0.1, -0.05) is 41.0 Å². The molecule has 0 aliphatic heterocycles. The molecular formula is C15H16Cl2N4OS. The van der Waals surface area contributed by atoms with Crippen LogP contribution >= 0.6 is 35.0 Å². The predicted molar refractivity (Wildman–Crippen MR) is 95.4 cm³/mol. The SMILES string of the molecule is C=CCn1c(C)nnc1SCCC(=O)Nc1ccc(Cl)cc1Cl. The minimum absolute atomic E-state index is 0.117. The van der Waals surface area contributed by atoms with Gasteiger partial charge in [-0.15, -0.1) is 16.8 Å². The Morgan fingerprint density at radius 2 is 2.22 bits per heavy atom. The van der Waals surface area contributed by atoms with Crippen LogP contribution in [0.15, 0.2) is 36.0 Å². The van der Waals surface area contributed by atoms with Crippen molar-refractivity contribution in [2.75, 3.05) is 11.1 Å². The Morgan fingerprint density at radius 1 is 1.43 bits per heavy atom. The van der Waals surface area contributed by atoms with Crippen LogP contribution in [0.2, 0.25) is 10.0 Å². The van der Waals surface area contributed by atoms with Crippen molar-refractivity contribution in [3.05, 3.63) is 46.7 Å². The first-order chi connectivity index (χ1) is 11.0. The molecule has 0 saturated heterocycles. The average molecular weight is 371 g/mol. The molecular weight excluding hydrogens is 355 g/mol. The first-order valence-electron chi connectivity index (χ1n) is 6.89. The van der Waals surface area contributed by atoms with Gasteiger partial charge in [0.25, 0.3) is 0 Å². The van der Waals surface area contributed by atoms with Gasteiger partial charge in [0.05, 0.1) is 10.7 Å². The van der Waals surface area contributed by atoms with Gasteiger partial charge in [-0.05, 0) is 25.1 Å². The Morgan fingerprint density at radius 3 is 2.91 bits per heavy atom. The zero-order chi connectivity index (χ0) is 16.8. The van der Waals surface area contributed by atoms with Crippen LogP contribution in [-0.4, -0.2) is 26.4 Å². The van der Waals surface area contributed by atoms with Crippen molar-refractivity contribution >= 4 is 46.6 Å². The molecule has 2 rings (SSSR count). The summed E-state index contributed by atoms with van der Waals surface area (Å²) in [5.74, 6) is 1.30. The molecule has 5 nitrogen and oxygen atoms in total. The second kappa shape index (κ2) is 8.38. The highest BCUT2D eigenvalue weighted by Gasteiger charge is 2.10. The van der Waals surface area contributed by atoms with Gasteiger partial charge in [0.15, 0.2) is 5.16 Å². The number of nitrogens with zero attached hydrogens (tertiary/aromatic N) is 3. The summed E-state index contributed by atoms with van der Waals surface area (Å²) in [5.41, 5.74) is 0.553. The molecule has 1 heterocycles. The standard InChI is InChI=1S/C15H16Cl2N4OS/c1-3-7-21-10(2)19-20-15(21)23-8-6-14(22)18-13-5-4-11(16)9-12(13)17/h3-5,9H,1,6-8H2,2H3,(H,18,22). The van der Waals surface area contributed by atoms with Crippen molar-refractivity contribution in [1.82, 2.24) is 14.8 Å². The van der Waals surface area contributed by atoms with E-state index in [-0.39, 0.29) is 5.91 Å². The summed E-state index contributed by atoms with van der Waals surface area (Å²) in [5, 5.41) is 12.6. The summed E-state index contributed by atoms with van der Waals surface area (Å²) >= 11 is 13.3. The fraction of sp³-hybridized carbons (Fsp3) is 0.267. The molecule has 0 spiro atoms. The number of benzene rings is 1. The maximum atomic E-state index is 12.0. The number of hydrogen-bond acceptors (Lipinski definition) is 4. The third-order valence-corrected chi connectivity index (χ3v) is 4.50. The molecule has 0 aliphatic carbocycles. The van der Waals surface area contributed by atoms with Crippen LogP contribution < -0.4 is 5.32 Å². The lowest BCUT2D eigenvalue weighted by atomic mass is 10.3. The fourth-order valence-electron chi connectivity index (χ4n) is 1.85. The van der Waals surface area contributed by atoms with Crippen molar-refractivity contribution in [2.45, 2.75) is 25.0 Å². The highest BCUT2D eigenvalue weighted by molar-refractivity contribution is 7.99. The van der Waals surface area contributed by atoms with Crippen molar-refractivity contribution in [3.63, 3.8) is 0 Å². The Hall–Kier alpha value is -1.50. The number of nitrogens with one attached hydrogen (secondary N) is 1. The van der Waals surface area contributed by atoms with E-state index in [9.17, 15) is 4.79 Å². The van der Waals surface area contributed by atoms with Crippen LogP contribution in [0.25, 0.3) is 0 Å². The Bertz CT molecular complexity index is 717. The third kappa shape index (κ3) is 4.99. The molecule has 0 radical (unpaired) electrons. The number of rotatable bonds is 7. The van der Waals surface area contributed by atoms with Crippen LogP contribution in [0.1, 0.15) is 12.2 Å². The lowest BCUT2D eigenvalue weighted by Crippen LogP contribution is -2.12. The summed E-state index contributed by atoms with van der Waals surface area (Å²) in [6.45, 7) is 6.25. The number of anilines is 1. The van der Waals surface area contributed by atoms with E-state index in [4.69, 9.17) is 23.2 Å². The molecule has 0 unspecified atom stereocenters. The predicted octanol–water partition coefficient (Wildman–Crippen LogP) is 4.20. The normalized spacial score (nSPS) is 10.6. The molecule has 0 atom stereocenters. The molecule has 0 bridgehead atoms. The molecule has 1 N–H and O–H groups in total. The summed E-state index contributed by atoms with van der Waals surface area (Å²) < 4.78 is 1.95. The average Bonchev–Trinajstić information content (AvgIpc) is 2.84. The van der Waals surface area contributed by atoms with Gasteiger partial charge in [-0.2, -0.15) is 0 Å². The summed E-state index contributed by atoms with van der Waals surface area (Å²) in [6.07, 6.45) is 2.12. The van der Waals surface area contributed by atoms with Crippen LogP contribution in [0.5, 0.6) is 0 Å². The molecule has 0 aliphatic rings. The number of aryl methyl sites for hydroxylation is 1. The fourth-order valence-corrected chi connectivity index (χ4v) is 3.23. The molecule has 23 heavy (non-hydrogen) atoms. The first kappa shape index (κ1) is 17.8. The number of amides is 1. The van der Waals surface area contributed by atoms with Crippen molar-refractivity contribution < 1.29 is 4.79 Å². The van der Waals surface area contributed by atoms with Gasteiger partial charge in [0.1, 0.15) is 5.82 Å². The molecule has 0 saturated carbocycles. The topological polar surface area (TPSA) is 59.8 Å². The van der Waals surface area contributed by atoms with E-state index in [1.807, 2.05) is 11.5 Å². The molecule has 8 heteroatoms. The van der Waals surface area contributed by atoms with Crippen molar-refractivity contribution in [1.29, 1.82) is 0 Å². The third-order valence-electron chi connectivity index (χ3n) is 2.98. The van der Waals surface area contributed by atoms with Gasteiger partial charge < -0.3 is 9.88 Å². The van der Waals surface area contributed by atoms with Gasteiger partial charge in [-0.3, -0.25) is 4.79 Å². The Balaban J connectivity index is 1.86. The first-order valence-corrected chi connectivity index (χ1v) is 8.64. The van der Waals surface area contributed by atoms with Gasteiger partial charge >= 0.3 is 0 Å². The van der Waals surface area contributed by atoms with Crippen LogP contribution in [0, 0.1) is 6.92 Å². The van der Waals surface area contributed by atoms with E-state index in [2.05, 4.69) is 22.1 Å². The van der Waals surface area contributed by atoms with E-state index in [0.29, 0.717) is 34.5 Å². The van der Waals surface area contributed by atoms with Gasteiger partial charge in [-0.25, -0.2) is 0 Å². The molecule has 1 aromatic heterocycles. The maximum Gasteiger partial charge on any atom is 0.225 e. The number of aromatic nitrogens is 3.